The summed E-state index contributed by atoms with van der Waals surface area (Å²) in [7, 11) is 0. The van der Waals surface area contributed by atoms with E-state index in [9.17, 15) is 9.59 Å². The summed E-state index contributed by atoms with van der Waals surface area (Å²) in [5.41, 5.74) is 4.71. The first-order chi connectivity index (χ1) is 13.4. The quantitative estimate of drug-likeness (QED) is 0.657. The van der Waals surface area contributed by atoms with Gasteiger partial charge in [-0.15, -0.1) is 0 Å². The summed E-state index contributed by atoms with van der Waals surface area (Å²) in [6.45, 7) is 4.20. The molecule has 0 radical (unpaired) electrons. The molecule has 1 heterocycles. The molecule has 0 bridgehead atoms. The predicted molar refractivity (Wildman–Crippen MR) is 110 cm³/mol. The van der Waals surface area contributed by atoms with Crippen molar-refractivity contribution in [2.45, 2.75) is 32.6 Å². The van der Waals surface area contributed by atoms with Crippen molar-refractivity contribution < 1.29 is 9.59 Å². The minimum atomic E-state index is -0.459. The minimum absolute atomic E-state index is 0.0449. The Bertz CT molecular complexity index is 1110. The van der Waals surface area contributed by atoms with Gasteiger partial charge in [-0.2, -0.15) is 0 Å². The van der Waals surface area contributed by atoms with E-state index in [4.69, 9.17) is 16.6 Å². The summed E-state index contributed by atoms with van der Waals surface area (Å²) in [5, 5.41) is 0.607. The molecule has 140 valence electrons. The smallest absolute Gasteiger partial charge is 0.173 e. The Morgan fingerprint density at radius 1 is 0.964 bits per heavy atom. The van der Waals surface area contributed by atoms with Gasteiger partial charge in [0.15, 0.2) is 11.6 Å². The predicted octanol–water partition coefficient (Wildman–Crippen LogP) is 5.38. The van der Waals surface area contributed by atoms with Gasteiger partial charge in [0.1, 0.15) is 0 Å². The zero-order chi connectivity index (χ0) is 19.6. The van der Waals surface area contributed by atoms with Crippen LogP contribution in [0, 0.1) is 11.3 Å². The summed E-state index contributed by atoms with van der Waals surface area (Å²) >= 11 is 6.27. The van der Waals surface area contributed by atoms with E-state index in [1.54, 1.807) is 0 Å². The molecule has 0 fully saturated rings. The van der Waals surface area contributed by atoms with E-state index in [0.717, 1.165) is 29.0 Å². The van der Waals surface area contributed by atoms with Crippen LogP contribution in [0.2, 0.25) is 5.02 Å². The van der Waals surface area contributed by atoms with E-state index in [1.807, 2.05) is 48.5 Å². The second-order valence-electron chi connectivity index (χ2n) is 8.72. The third-order valence-electron chi connectivity index (χ3n) is 6.05. The number of halogens is 1. The molecule has 5 rings (SSSR count). The summed E-state index contributed by atoms with van der Waals surface area (Å²) in [6, 6.07) is 15.2. The highest BCUT2D eigenvalue weighted by Crippen LogP contribution is 2.51. The van der Waals surface area contributed by atoms with Gasteiger partial charge in [0.2, 0.25) is 0 Å². The van der Waals surface area contributed by atoms with Crippen molar-refractivity contribution in [3.63, 3.8) is 0 Å². The zero-order valence-corrected chi connectivity index (χ0v) is 16.6. The fourth-order valence-electron chi connectivity index (χ4n) is 4.95. The van der Waals surface area contributed by atoms with Gasteiger partial charge in [-0.25, -0.2) is 0 Å². The third-order valence-corrected chi connectivity index (χ3v) is 6.28. The van der Waals surface area contributed by atoms with Crippen LogP contribution in [0.25, 0.3) is 0 Å². The van der Waals surface area contributed by atoms with Gasteiger partial charge in [-0.05, 0) is 29.5 Å². The molecule has 3 nitrogen and oxygen atoms in total. The first kappa shape index (κ1) is 17.6. The van der Waals surface area contributed by atoms with Crippen molar-refractivity contribution >= 4 is 28.9 Å². The summed E-state index contributed by atoms with van der Waals surface area (Å²) in [5.74, 6) is -0.643. The van der Waals surface area contributed by atoms with Crippen LogP contribution in [0.3, 0.4) is 0 Å². The lowest BCUT2D eigenvalue weighted by Gasteiger charge is -2.38. The van der Waals surface area contributed by atoms with E-state index < -0.39 is 5.92 Å². The van der Waals surface area contributed by atoms with Crippen molar-refractivity contribution in [3.8, 4) is 0 Å². The molecule has 0 saturated carbocycles. The summed E-state index contributed by atoms with van der Waals surface area (Å²) in [6.07, 6.45) is 1.21. The molecule has 0 N–H and O–H groups in total. The van der Waals surface area contributed by atoms with Gasteiger partial charge >= 0.3 is 0 Å². The third kappa shape index (κ3) is 2.53. The van der Waals surface area contributed by atoms with Crippen LogP contribution in [0.4, 0.5) is 0 Å². The fourth-order valence-corrected chi connectivity index (χ4v) is 5.14. The Hall–Kier alpha value is -2.52. The van der Waals surface area contributed by atoms with Crippen molar-refractivity contribution in [3.05, 3.63) is 81.5 Å². The number of allylic oxidation sites excluding steroid dienone is 2. The highest BCUT2D eigenvalue weighted by Gasteiger charge is 2.50. The molecular weight excluding hydrogens is 370 g/mol. The topological polar surface area (TPSA) is 46.5 Å². The van der Waals surface area contributed by atoms with Crippen molar-refractivity contribution in [2.24, 2.45) is 16.3 Å². The molecular formula is C24H20ClNO2. The Morgan fingerprint density at radius 2 is 1.71 bits per heavy atom. The van der Waals surface area contributed by atoms with Crippen molar-refractivity contribution in [1.29, 1.82) is 0 Å². The van der Waals surface area contributed by atoms with Gasteiger partial charge in [0.25, 0.3) is 0 Å². The number of hydrogen-bond donors (Lipinski definition) is 0. The number of hydrogen-bond acceptors (Lipinski definition) is 3. The zero-order valence-electron chi connectivity index (χ0n) is 15.8. The van der Waals surface area contributed by atoms with Gasteiger partial charge in [-0.1, -0.05) is 61.8 Å². The number of Topliss-reactive ketones (excluding diaryl/α,β-unsaturated/α-hetero) is 2. The van der Waals surface area contributed by atoms with Crippen LogP contribution in [0.1, 0.15) is 54.1 Å². The normalized spacial score (nSPS) is 25.2. The number of aliphatic imine (C=N–C) groups is 1. The van der Waals surface area contributed by atoms with E-state index in [1.165, 1.54) is 0 Å². The van der Waals surface area contributed by atoms with Gasteiger partial charge in [0, 0.05) is 39.8 Å². The lowest BCUT2D eigenvalue weighted by Crippen LogP contribution is -2.37. The first-order valence-corrected chi connectivity index (χ1v) is 9.97. The van der Waals surface area contributed by atoms with E-state index in [-0.39, 0.29) is 22.9 Å². The lowest BCUT2D eigenvalue weighted by molar-refractivity contribution is -0.118. The molecule has 4 heteroatoms. The van der Waals surface area contributed by atoms with E-state index >= 15 is 0 Å². The van der Waals surface area contributed by atoms with Crippen LogP contribution in [0.5, 0.6) is 0 Å². The SMILES string of the molecule is CC1(C)CC(=O)C2=C(C1)N=C1c3ccccc3C(=O)[C@H]1[C@@H]2c1cccc(Cl)c1. The standard InChI is InChI=1S/C24H20ClNO2/c1-24(2)11-17-20(18(27)12-24)19(13-6-5-7-14(25)10-13)21-22(26-17)15-8-3-4-9-16(15)23(21)28/h3-10,19,21H,11-12H2,1-2H3/t19-,21+/m1/s1. The first-order valence-electron chi connectivity index (χ1n) is 9.60. The number of carbonyl (C=O) groups excluding carboxylic acids is 2. The second kappa shape index (κ2) is 5.99. The number of rotatable bonds is 1. The monoisotopic (exact) mass is 389 g/mol. The van der Waals surface area contributed by atoms with Crippen LogP contribution >= 0.6 is 11.6 Å². The Labute approximate surface area is 169 Å². The molecule has 3 aliphatic rings. The molecule has 0 saturated heterocycles. The van der Waals surface area contributed by atoms with Crippen molar-refractivity contribution in [1.82, 2.24) is 0 Å². The minimum Gasteiger partial charge on any atom is -0.294 e. The molecule has 2 aromatic carbocycles. The number of fused-ring (bicyclic) bond motifs is 3. The average molecular weight is 390 g/mol. The number of nitrogens with zero attached hydrogens (tertiary/aromatic N) is 1. The maximum Gasteiger partial charge on any atom is 0.173 e. The van der Waals surface area contributed by atoms with Crippen LogP contribution in [0.15, 0.2) is 64.8 Å². The lowest BCUT2D eigenvalue weighted by atomic mass is 9.66. The average Bonchev–Trinajstić information content (AvgIpc) is 2.92. The van der Waals surface area contributed by atoms with Crippen molar-refractivity contribution in [2.75, 3.05) is 0 Å². The molecule has 0 amide bonds. The van der Waals surface area contributed by atoms with Gasteiger partial charge in [-0.3, -0.25) is 14.6 Å². The van der Waals surface area contributed by atoms with Crippen LogP contribution in [-0.4, -0.2) is 17.3 Å². The summed E-state index contributed by atoms with van der Waals surface area (Å²) < 4.78 is 0. The summed E-state index contributed by atoms with van der Waals surface area (Å²) in [4.78, 5) is 31.5. The molecule has 28 heavy (non-hydrogen) atoms. The highest BCUT2D eigenvalue weighted by atomic mass is 35.5. The van der Waals surface area contributed by atoms with Gasteiger partial charge < -0.3 is 0 Å². The molecule has 0 unspecified atom stereocenters. The maximum absolute atomic E-state index is 13.4. The number of ketones is 2. The Kier molecular flexibility index (Phi) is 3.76. The Balaban J connectivity index is 1.78. The van der Waals surface area contributed by atoms with E-state index in [2.05, 4.69) is 13.8 Å². The van der Waals surface area contributed by atoms with E-state index in [0.29, 0.717) is 22.6 Å². The molecule has 2 aliphatic carbocycles. The highest BCUT2D eigenvalue weighted by molar-refractivity contribution is 6.31. The molecule has 0 spiro atoms. The molecule has 0 aromatic heterocycles. The number of benzene rings is 2. The molecule has 1 aliphatic heterocycles. The van der Waals surface area contributed by atoms with Gasteiger partial charge in [0.05, 0.1) is 11.6 Å². The fraction of sp³-hybridized carbons (Fsp3) is 0.292. The number of carbonyl (C=O) groups is 2. The largest absolute Gasteiger partial charge is 0.294 e. The molecule has 2 aromatic rings. The van der Waals surface area contributed by atoms with Crippen LogP contribution in [-0.2, 0) is 4.79 Å². The second-order valence-corrected chi connectivity index (χ2v) is 9.15. The Morgan fingerprint density at radius 3 is 2.46 bits per heavy atom. The molecule has 2 atom stereocenters. The van der Waals surface area contributed by atoms with Crippen LogP contribution < -0.4 is 0 Å². The maximum atomic E-state index is 13.4.